The van der Waals surface area contributed by atoms with Crippen LogP contribution in [0.2, 0.25) is 0 Å². The molecule has 1 aromatic carbocycles. The Morgan fingerprint density at radius 2 is 2.00 bits per heavy atom. The Morgan fingerprint density at radius 3 is 2.67 bits per heavy atom. The highest BCUT2D eigenvalue weighted by molar-refractivity contribution is 7.90. The second-order valence-corrected chi connectivity index (χ2v) is 7.41. The molecule has 1 unspecified atom stereocenters. The van der Waals surface area contributed by atoms with Crippen molar-refractivity contribution < 1.29 is 22.8 Å². The molecule has 0 aliphatic carbocycles. The number of halogens is 2. The number of hydrogen-bond donors (Lipinski definition) is 1. The Labute approximate surface area is 158 Å². The van der Waals surface area contributed by atoms with Gasteiger partial charge in [0.15, 0.2) is 5.75 Å². The van der Waals surface area contributed by atoms with Gasteiger partial charge in [0.1, 0.15) is 17.0 Å². The smallest absolute Gasteiger partial charge is 0.387 e. The highest BCUT2D eigenvalue weighted by Crippen LogP contribution is 2.32. The van der Waals surface area contributed by atoms with Gasteiger partial charge in [0.05, 0.1) is 18.3 Å². The Kier molecular flexibility index (Phi) is 5.52. The number of methoxy groups -OCH3 is 1. The first-order valence-corrected chi connectivity index (χ1v) is 9.45. The summed E-state index contributed by atoms with van der Waals surface area (Å²) in [4.78, 5) is 11.6. The number of aromatic nitrogens is 3. The molecule has 0 saturated carbocycles. The molecule has 144 valence electrons. The molecule has 0 saturated heterocycles. The lowest BCUT2D eigenvalue weighted by molar-refractivity contribution is -0.0506. The van der Waals surface area contributed by atoms with Crippen LogP contribution in [0.5, 0.6) is 11.5 Å². The Morgan fingerprint density at radius 1 is 1.26 bits per heavy atom. The number of aromatic amines is 1. The van der Waals surface area contributed by atoms with Gasteiger partial charge in [-0.2, -0.15) is 13.8 Å². The van der Waals surface area contributed by atoms with Gasteiger partial charge in [-0.3, -0.25) is 9.97 Å². The molecule has 0 amide bonds. The minimum absolute atomic E-state index is 0.0895. The maximum atomic E-state index is 12.8. The van der Waals surface area contributed by atoms with E-state index in [0.717, 1.165) is 5.56 Å². The number of alkyl halides is 2. The van der Waals surface area contributed by atoms with Crippen LogP contribution in [-0.4, -0.2) is 33.2 Å². The summed E-state index contributed by atoms with van der Waals surface area (Å²) in [5.74, 6) is 0.912. The lowest BCUT2D eigenvalue weighted by Crippen LogP contribution is -2.10. The fourth-order valence-electron chi connectivity index (χ4n) is 2.94. The minimum Gasteiger partial charge on any atom is -0.609 e. The molecule has 2 aromatic heterocycles. The third kappa shape index (κ3) is 3.84. The van der Waals surface area contributed by atoms with Crippen molar-refractivity contribution in [2.45, 2.75) is 38.3 Å². The summed E-state index contributed by atoms with van der Waals surface area (Å²) in [7, 11) is 1.56. The Hall–Kier alpha value is -2.39. The van der Waals surface area contributed by atoms with Crippen molar-refractivity contribution in [3.63, 3.8) is 0 Å². The fraction of sp³-hybridized carbons (Fsp3) is 0.333. The van der Waals surface area contributed by atoms with E-state index in [2.05, 4.69) is 19.7 Å². The van der Waals surface area contributed by atoms with Crippen molar-refractivity contribution >= 4 is 22.2 Å². The van der Waals surface area contributed by atoms with Crippen LogP contribution in [0.3, 0.4) is 0 Å². The molecular weight excluding hydrogens is 376 g/mol. The second-order valence-electron chi connectivity index (χ2n) is 6.04. The van der Waals surface area contributed by atoms with E-state index in [1.807, 2.05) is 6.92 Å². The van der Waals surface area contributed by atoms with E-state index in [1.54, 1.807) is 39.3 Å². The van der Waals surface area contributed by atoms with Crippen LogP contribution in [0.4, 0.5) is 8.78 Å². The molecule has 2 heterocycles. The summed E-state index contributed by atoms with van der Waals surface area (Å²) in [6.45, 7) is 2.24. The number of nitrogens with zero attached hydrogens (tertiary/aromatic N) is 2. The number of fused-ring (bicyclic) bond motifs is 1. The van der Waals surface area contributed by atoms with Crippen LogP contribution in [-0.2, 0) is 16.9 Å². The predicted octanol–water partition coefficient (Wildman–Crippen LogP) is 3.80. The minimum atomic E-state index is -2.92. The van der Waals surface area contributed by atoms with Crippen LogP contribution >= 0.6 is 0 Å². The predicted molar refractivity (Wildman–Crippen MR) is 97.8 cm³/mol. The molecule has 0 radical (unpaired) electrons. The molecule has 0 aliphatic rings. The molecule has 0 aliphatic heterocycles. The molecule has 0 fully saturated rings. The van der Waals surface area contributed by atoms with Gasteiger partial charge in [-0.15, -0.1) is 0 Å². The molecule has 6 nitrogen and oxygen atoms in total. The van der Waals surface area contributed by atoms with E-state index >= 15 is 0 Å². The van der Waals surface area contributed by atoms with Gasteiger partial charge >= 0.3 is 11.8 Å². The van der Waals surface area contributed by atoms with E-state index in [1.165, 1.54) is 0 Å². The number of imidazole rings is 1. The van der Waals surface area contributed by atoms with E-state index in [4.69, 9.17) is 4.74 Å². The van der Waals surface area contributed by atoms with Gasteiger partial charge in [0.25, 0.3) is 0 Å². The first kappa shape index (κ1) is 19.4. The number of rotatable bonds is 6. The molecule has 3 rings (SSSR count). The lowest BCUT2D eigenvalue weighted by atomic mass is 10.1. The molecule has 0 bridgehead atoms. The first-order chi connectivity index (χ1) is 12.8. The molecular formula is C18H19F2N3O3S. The maximum Gasteiger partial charge on any atom is 0.387 e. The lowest BCUT2D eigenvalue weighted by Gasteiger charge is -2.11. The van der Waals surface area contributed by atoms with Crippen LogP contribution in [0.1, 0.15) is 22.4 Å². The first-order valence-electron chi connectivity index (χ1n) is 8.13. The van der Waals surface area contributed by atoms with Crippen LogP contribution in [0.15, 0.2) is 23.5 Å². The van der Waals surface area contributed by atoms with Gasteiger partial charge in [0.2, 0.25) is 0 Å². The Balaban J connectivity index is 1.94. The van der Waals surface area contributed by atoms with Crippen LogP contribution in [0.25, 0.3) is 11.0 Å². The summed E-state index contributed by atoms with van der Waals surface area (Å²) >= 11 is -1.49. The number of pyridine rings is 1. The zero-order valence-corrected chi connectivity index (χ0v) is 16.1. The van der Waals surface area contributed by atoms with Crippen molar-refractivity contribution in [1.29, 1.82) is 0 Å². The molecule has 9 heteroatoms. The van der Waals surface area contributed by atoms with Crippen molar-refractivity contribution in [2.24, 2.45) is 0 Å². The summed E-state index contributed by atoms with van der Waals surface area (Å²) in [6, 6.07) is 3.39. The quantitative estimate of drug-likeness (QED) is 0.642. The van der Waals surface area contributed by atoms with E-state index < -0.39 is 17.8 Å². The van der Waals surface area contributed by atoms with Crippen molar-refractivity contribution in [3.8, 4) is 11.5 Å². The highest BCUT2D eigenvalue weighted by Gasteiger charge is 2.23. The summed E-state index contributed by atoms with van der Waals surface area (Å²) in [5.41, 5.74) is 3.54. The average molecular weight is 395 g/mol. The standard InChI is InChI=1S/C18H19F2N3O3S/c1-9-7-12-15(11(3)16(9)26-17(19)20)23-18(22-12)27(24)8-13-10(2)14(25-4)5-6-21-13/h5-7,17H,8H2,1-4H3,(H,22,23). The maximum absolute atomic E-state index is 12.8. The number of H-pyrrole nitrogens is 1. The van der Waals surface area contributed by atoms with E-state index in [0.29, 0.717) is 33.6 Å². The van der Waals surface area contributed by atoms with Crippen LogP contribution in [0, 0.1) is 20.8 Å². The van der Waals surface area contributed by atoms with Crippen LogP contribution < -0.4 is 9.47 Å². The number of nitrogens with one attached hydrogen (secondary N) is 1. The SMILES string of the molecule is COc1ccnc(C[S+]([O-])c2nc3c(C)c(OC(F)F)c(C)cc3[nH]2)c1C. The number of benzene rings is 1. The van der Waals surface area contributed by atoms with Crippen molar-refractivity contribution in [3.05, 3.63) is 40.7 Å². The molecule has 0 spiro atoms. The number of ether oxygens (including phenoxy) is 2. The van der Waals surface area contributed by atoms with Crippen molar-refractivity contribution in [2.75, 3.05) is 7.11 Å². The number of hydrogen-bond acceptors (Lipinski definition) is 5. The highest BCUT2D eigenvalue weighted by atomic mass is 32.2. The molecule has 27 heavy (non-hydrogen) atoms. The second kappa shape index (κ2) is 7.69. The fourth-order valence-corrected chi connectivity index (χ4v) is 4.03. The van der Waals surface area contributed by atoms with Crippen molar-refractivity contribution in [1.82, 2.24) is 15.0 Å². The van der Waals surface area contributed by atoms with Gasteiger partial charge < -0.3 is 14.0 Å². The zero-order valence-electron chi connectivity index (χ0n) is 15.3. The summed E-state index contributed by atoms with van der Waals surface area (Å²) < 4.78 is 47.9. The largest absolute Gasteiger partial charge is 0.609 e. The van der Waals surface area contributed by atoms with Gasteiger partial charge in [-0.1, -0.05) is 0 Å². The Bertz CT molecular complexity index is 978. The van der Waals surface area contributed by atoms with E-state index in [9.17, 15) is 13.3 Å². The zero-order chi connectivity index (χ0) is 19.7. The third-order valence-electron chi connectivity index (χ3n) is 4.29. The van der Waals surface area contributed by atoms with Gasteiger partial charge in [-0.05, 0) is 38.5 Å². The summed E-state index contributed by atoms with van der Waals surface area (Å²) in [6.07, 6.45) is 1.60. The molecule has 1 atom stereocenters. The monoisotopic (exact) mass is 395 g/mol. The average Bonchev–Trinajstić information content (AvgIpc) is 3.04. The molecule has 1 N–H and O–H groups in total. The third-order valence-corrected chi connectivity index (χ3v) is 5.45. The number of aryl methyl sites for hydroxylation is 2. The topological polar surface area (TPSA) is 83.1 Å². The normalized spacial score (nSPS) is 12.6. The van der Waals surface area contributed by atoms with Gasteiger partial charge in [-0.25, -0.2) is 0 Å². The van der Waals surface area contributed by atoms with Gasteiger partial charge in [0, 0.05) is 28.5 Å². The summed E-state index contributed by atoms with van der Waals surface area (Å²) in [5, 5.41) is 0.255. The molecule has 3 aromatic rings. The van der Waals surface area contributed by atoms with E-state index in [-0.39, 0.29) is 16.7 Å².